The Hall–Kier alpha value is -1.89. The molecule has 0 fully saturated rings. The van der Waals surface area contributed by atoms with Gasteiger partial charge in [0, 0.05) is 22.7 Å². The SMILES string of the molecule is NC(=O)C(Cc1ccc(Cl)cc1)NC(=O)C(N)Cc1cccs1. The van der Waals surface area contributed by atoms with Gasteiger partial charge in [0.15, 0.2) is 0 Å². The van der Waals surface area contributed by atoms with Crippen LogP contribution in [0.2, 0.25) is 5.02 Å². The van der Waals surface area contributed by atoms with E-state index in [0.29, 0.717) is 17.9 Å². The highest BCUT2D eigenvalue weighted by Gasteiger charge is 2.22. The minimum absolute atomic E-state index is 0.296. The molecule has 0 aliphatic carbocycles. The molecule has 1 heterocycles. The maximum Gasteiger partial charge on any atom is 0.240 e. The fraction of sp³-hybridized carbons (Fsp3) is 0.250. The smallest absolute Gasteiger partial charge is 0.240 e. The van der Waals surface area contributed by atoms with E-state index in [1.807, 2.05) is 17.5 Å². The van der Waals surface area contributed by atoms with Crippen molar-refractivity contribution in [3.8, 4) is 0 Å². The van der Waals surface area contributed by atoms with Crippen molar-refractivity contribution in [3.63, 3.8) is 0 Å². The first kappa shape index (κ1) is 17.5. The van der Waals surface area contributed by atoms with Crippen LogP contribution in [0.5, 0.6) is 0 Å². The Morgan fingerprint density at radius 2 is 1.87 bits per heavy atom. The number of rotatable bonds is 7. The Morgan fingerprint density at radius 1 is 1.17 bits per heavy atom. The molecule has 1 aromatic carbocycles. The molecule has 2 aromatic rings. The minimum atomic E-state index is -0.807. The number of amides is 2. The average Bonchev–Trinajstić information content (AvgIpc) is 3.01. The summed E-state index contributed by atoms with van der Waals surface area (Å²) in [6.07, 6.45) is 0.722. The zero-order valence-electron chi connectivity index (χ0n) is 12.4. The molecule has 2 unspecified atom stereocenters. The third kappa shape index (κ3) is 5.35. The maximum atomic E-state index is 12.2. The minimum Gasteiger partial charge on any atom is -0.368 e. The van der Waals surface area contributed by atoms with Crippen molar-refractivity contribution in [1.82, 2.24) is 5.32 Å². The Morgan fingerprint density at radius 3 is 2.43 bits per heavy atom. The molecular formula is C16H18ClN3O2S. The van der Waals surface area contributed by atoms with E-state index in [4.69, 9.17) is 23.1 Å². The molecular weight excluding hydrogens is 334 g/mol. The zero-order valence-corrected chi connectivity index (χ0v) is 13.9. The molecule has 0 saturated heterocycles. The second-order valence-corrected chi connectivity index (χ2v) is 6.65. The second-order valence-electron chi connectivity index (χ2n) is 5.18. The summed E-state index contributed by atoms with van der Waals surface area (Å²) in [6.45, 7) is 0. The second kappa shape index (κ2) is 8.10. The number of carbonyl (C=O) groups is 2. The summed E-state index contributed by atoms with van der Waals surface area (Å²) in [6, 6.07) is 9.30. The van der Waals surface area contributed by atoms with Gasteiger partial charge in [0.2, 0.25) is 11.8 Å². The quantitative estimate of drug-likeness (QED) is 0.704. The van der Waals surface area contributed by atoms with Gasteiger partial charge >= 0.3 is 0 Å². The lowest BCUT2D eigenvalue weighted by molar-refractivity contribution is -0.128. The first-order valence-corrected chi connectivity index (χ1v) is 8.33. The molecule has 0 spiro atoms. The van der Waals surface area contributed by atoms with Crippen molar-refractivity contribution in [2.24, 2.45) is 11.5 Å². The summed E-state index contributed by atoms with van der Waals surface area (Å²) in [4.78, 5) is 24.8. The largest absolute Gasteiger partial charge is 0.368 e. The number of halogens is 1. The number of nitrogens with two attached hydrogens (primary N) is 2. The van der Waals surface area contributed by atoms with E-state index < -0.39 is 23.9 Å². The van der Waals surface area contributed by atoms with Crippen LogP contribution in [0.1, 0.15) is 10.4 Å². The predicted molar refractivity (Wildman–Crippen MR) is 92.3 cm³/mol. The molecule has 23 heavy (non-hydrogen) atoms. The van der Waals surface area contributed by atoms with Crippen LogP contribution in [0.25, 0.3) is 0 Å². The number of primary amides is 1. The van der Waals surface area contributed by atoms with Gasteiger partial charge in [0.05, 0.1) is 6.04 Å². The highest BCUT2D eigenvalue weighted by atomic mass is 35.5. The van der Waals surface area contributed by atoms with E-state index in [1.54, 1.807) is 24.3 Å². The number of thiophene rings is 1. The van der Waals surface area contributed by atoms with Crippen LogP contribution in [0.3, 0.4) is 0 Å². The van der Waals surface area contributed by atoms with Crippen LogP contribution in [0.15, 0.2) is 41.8 Å². The van der Waals surface area contributed by atoms with Crippen LogP contribution >= 0.6 is 22.9 Å². The van der Waals surface area contributed by atoms with Gasteiger partial charge in [-0.1, -0.05) is 29.8 Å². The molecule has 2 amide bonds. The van der Waals surface area contributed by atoms with Crippen LogP contribution in [-0.2, 0) is 22.4 Å². The van der Waals surface area contributed by atoms with Crippen LogP contribution in [0, 0.1) is 0 Å². The van der Waals surface area contributed by atoms with Gasteiger partial charge < -0.3 is 16.8 Å². The standard InChI is InChI=1S/C16H18ClN3O2S/c17-11-5-3-10(4-6-11)8-14(15(19)21)20-16(22)13(18)9-12-2-1-7-23-12/h1-7,13-14H,8-9,18H2,(H2,19,21)(H,20,22). The molecule has 2 rings (SSSR count). The van der Waals surface area contributed by atoms with Gasteiger partial charge in [-0.2, -0.15) is 0 Å². The highest BCUT2D eigenvalue weighted by Crippen LogP contribution is 2.12. The lowest BCUT2D eigenvalue weighted by atomic mass is 10.0. The van der Waals surface area contributed by atoms with Gasteiger partial charge in [0.1, 0.15) is 6.04 Å². The molecule has 0 bridgehead atoms. The Kier molecular flexibility index (Phi) is 6.15. The summed E-state index contributed by atoms with van der Waals surface area (Å²) in [5.74, 6) is -0.993. The Labute approximate surface area is 143 Å². The first-order valence-electron chi connectivity index (χ1n) is 7.08. The maximum absolute atomic E-state index is 12.2. The summed E-state index contributed by atoms with van der Waals surface area (Å²) < 4.78 is 0. The summed E-state index contributed by atoms with van der Waals surface area (Å²) in [5.41, 5.74) is 12.1. The van der Waals surface area contributed by atoms with Crippen LogP contribution in [-0.4, -0.2) is 23.9 Å². The molecule has 0 saturated carbocycles. The predicted octanol–water partition coefficient (Wildman–Crippen LogP) is 1.48. The molecule has 0 radical (unpaired) electrons. The van der Waals surface area contributed by atoms with Crippen molar-refractivity contribution in [3.05, 3.63) is 57.2 Å². The topological polar surface area (TPSA) is 98.2 Å². The molecule has 5 N–H and O–H groups in total. The molecule has 7 heteroatoms. The van der Waals surface area contributed by atoms with Gasteiger partial charge in [0.25, 0.3) is 0 Å². The molecule has 1 aromatic heterocycles. The number of hydrogen-bond donors (Lipinski definition) is 3. The van der Waals surface area contributed by atoms with E-state index in [9.17, 15) is 9.59 Å². The molecule has 122 valence electrons. The number of hydrogen-bond acceptors (Lipinski definition) is 4. The first-order chi connectivity index (χ1) is 11.0. The van der Waals surface area contributed by atoms with E-state index in [-0.39, 0.29) is 0 Å². The third-order valence-corrected chi connectivity index (χ3v) is 4.50. The van der Waals surface area contributed by atoms with E-state index in [2.05, 4.69) is 5.32 Å². The van der Waals surface area contributed by atoms with Crippen molar-refractivity contribution in [2.75, 3.05) is 0 Å². The monoisotopic (exact) mass is 351 g/mol. The molecule has 5 nitrogen and oxygen atoms in total. The van der Waals surface area contributed by atoms with Crippen molar-refractivity contribution in [2.45, 2.75) is 24.9 Å². The molecule has 0 aliphatic rings. The van der Waals surface area contributed by atoms with Crippen molar-refractivity contribution in [1.29, 1.82) is 0 Å². The third-order valence-electron chi connectivity index (χ3n) is 3.35. The molecule has 0 aliphatic heterocycles. The fourth-order valence-electron chi connectivity index (χ4n) is 2.10. The Bertz CT molecular complexity index is 658. The lowest BCUT2D eigenvalue weighted by Crippen LogP contribution is -2.51. The van der Waals surface area contributed by atoms with Crippen LogP contribution < -0.4 is 16.8 Å². The highest BCUT2D eigenvalue weighted by molar-refractivity contribution is 7.09. The van der Waals surface area contributed by atoms with E-state index in [0.717, 1.165) is 10.4 Å². The summed E-state index contributed by atoms with van der Waals surface area (Å²) in [7, 11) is 0. The fourth-order valence-corrected chi connectivity index (χ4v) is 2.99. The lowest BCUT2D eigenvalue weighted by Gasteiger charge is -2.18. The van der Waals surface area contributed by atoms with Gasteiger partial charge in [-0.15, -0.1) is 11.3 Å². The van der Waals surface area contributed by atoms with Crippen molar-refractivity contribution < 1.29 is 9.59 Å². The van der Waals surface area contributed by atoms with Crippen LogP contribution in [0.4, 0.5) is 0 Å². The van der Waals surface area contributed by atoms with Gasteiger partial charge in [-0.3, -0.25) is 9.59 Å². The normalized spacial score (nSPS) is 13.3. The molecule has 2 atom stereocenters. The number of nitrogens with one attached hydrogen (secondary N) is 1. The van der Waals surface area contributed by atoms with Gasteiger partial charge in [-0.25, -0.2) is 0 Å². The average molecular weight is 352 g/mol. The van der Waals surface area contributed by atoms with E-state index >= 15 is 0 Å². The number of carbonyl (C=O) groups excluding carboxylic acids is 2. The van der Waals surface area contributed by atoms with Crippen molar-refractivity contribution >= 4 is 34.8 Å². The summed E-state index contributed by atoms with van der Waals surface area (Å²) in [5, 5.41) is 5.15. The number of benzene rings is 1. The van der Waals surface area contributed by atoms with E-state index in [1.165, 1.54) is 11.3 Å². The van der Waals surface area contributed by atoms with Gasteiger partial charge in [-0.05, 0) is 29.1 Å². The summed E-state index contributed by atoms with van der Waals surface area (Å²) >= 11 is 7.36. The zero-order chi connectivity index (χ0) is 16.8. The Balaban J connectivity index is 1.96.